The second kappa shape index (κ2) is 7.98. The summed E-state index contributed by atoms with van der Waals surface area (Å²) in [5, 5.41) is 3.77. The Morgan fingerprint density at radius 2 is 1.81 bits per heavy atom. The molecule has 21 heavy (non-hydrogen) atoms. The van der Waals surface area contributed by atoms with Crippen LogP contribution in [0.25, 0.3) is 0 Å². The van der Waals surface area contributed by atoms with E-state index < -0.39 is 0 Å². The van der Waals surface area contributed by atoms with Crippen molar-refractivity contribution in [2.45, 2.75) is 71.8 Å². The molecule has 1 atom stereocenters. The van der Waals surface area contributed by atoms with E-state index in [2.05, 4.69) is 56.4 Å². The van der Waals surface area contributed by atoms with Crippen LogP contribution in [0, 0.1) is 11.3 Å². The third kappa shape index (κ3) is 5.47. The monoisotopic (exact) mass is 287 g/mol. The average Bonchev–Trinajstić information content (AvgIpc) is 2.48. The standard InChI is InChI=1S/C20H33N/c1-4-21-19(18-13-15-20(2,3)16-14-18)12-8-11-17-9-6-5-7-10-17/h5-7,9-10,18-19,21H,4,8,11-16H2,1-3H3. The zero-order valence-electron chi connectivity index (χ0n) is 14.2. The molecule has 0 spiro atoms. The van der Waals surface area contributed by atoms with E-state index in [4.69, 9.17) is 0 Å². The minimum absolute atomic E-state index is 0.581. The van der Waals surface area contributed by atoms with Gasteiger partial charge in [-0.2, -0.15) is 0 Å². The third-order valence-electron chi connectivity index (χ3n) is 5.24. The van der Waals surface area contributed by atoms with Gasteiger partial charge in [-0.25, -0.2) is 0 Å². The second-order valence-electron chi connectivity index (χ2n) is 7.54. The van der Waals surface area contributed by atoms with Crippen molar-refractivity contribution in [1.82, 2.24) is 5.32 Å². The van der Waals surface area contributed by atoms with Gasteiger partial charge in [0.15, 0.2) is 0 Å². The highest BCUT2D eigenvalue weighted by molar-refractivity contribution is 5.14. The van der Waals surface area contributed by atoms with Crippen LogP contribution in [-0.4, -0.2) is 12.6 Å². The van der Waals surface area contributed by atoms with Crippen LogP contribution in [0.3, 0.4) is 0 Å². The van der Waals surface area contributed by atoms with Crippen molar-refractivity contribution >= 4 is 0 Å². The Morgan fingerprint density at radius 1 is 1.14 bits per heavy atom. The molecule has 1 nitrogen and oxygen atoms in total. The fraction of sp³-hybridized carbons (Fsp3) is 0.700. The van der Waals surface area contributed by atoms with Crippen LogP contribution < -0.4 is 5.32 Å². The molecule has 1 fully saturated rings. The molecule has 1 aromatic rings. The lowest BCUT2D eigenvalue weighted by atomic mass is 9.70. The van der Waals surface area contributed by atoms with Crippen molar-refractivity contribution in [3.63, 3.8) is 0 Å². The largest absolute Gasteiger partial charge is 0.314 e. The van der Waals surface area contributed by atoms with Crippen molar-refractivity contribution in [3.8, 4) is 0 Å². The zero-order chi connectivity index (χ0) is 15.1. The van der Waals surface area contributed by atoms with Crippen LogP contribution in [0.15, 0.2) is 30.3 Å². The summed E-state index contributed by atoms with van der Waals surface area (Å²) >= 11 is 0. The maximum Gasteiger partial charge on any atom is 0.00953 e. The van der Waals surface area contributed by atoms with Gasteiger partial charge in [-0.3, -0.25) is 0 Å². The SMILES string of the molecule is CCNC(CCCc1ccccc1)C1CCC(C)(C)CC1. The quantitative estimate of drug-likeness (QED) is 0.726. The van der Waals surface area contributed by atoms with Crippen molar-refractivity contribution < 1.29 is 0 Å². The molecule has 1 N–H and O–H groups in total. The first-order valence-corrected chi connectivity index (χ1v) is 8.88. The van der Waals surface area contributed by atoms with Gasteiger partial charge in [0.05, 0.1) is 0 Å². The van der Waals surface area contributed by atoms with E-state index in [1.165, 1.54) is 50.5 Å². The molecular formula is C20H33N. The lowest BCUT2D eigenvalue weighted by Crippen LogP contribution is -2.39. The molecule has 1 aromatic carbocycles. The third-order valence-corrected chi connectivity index (χ3v) is 5.24. The van der Waals surface area contributed by atoms with Gasteiger partial charge in [-0.05, 0) is 68.4 Å². The summed E-state index contributed by atoms with van der Waals surface area (Å²) in [4.78, 5) is 0. The molecule has 0 radical (unpaired) electrons. The summed E-state index contributed by atoms with van der Waals surface area (Å²) in [7, 11) is 0. The van der Waals surface area contributed by atoms with Gasteiger partial charge in [0, 0.05) is 6.04 Å². The minimum Gasteiger partial charge on any atom is -0.314 e. The van der Waals surface area contributed by atoms with Crippen molar-refractivity contribution in [2.24, 2.45) is 11.3 Å². The second-order valence-corrected chi connectivity index (χ2v) is 7.54. The van der Waals surface area contributed by atoms with E-state index in [0.717, 1.165) is 18.5 Å². The summed E-state index contributed by atoms with van der Waals surface area (Å²) < 4.78 is 0. The Balaban J connectivity index is 1.79. The predicted molar refractivity (Wildman–Crippen MR) is 92.6 cm³/mol. The normalized spacial score (nSPS) is 20.3. The lowest BCUT2D eigenvalue weighted by molar-refractivity contribution is 0.157. The van der Waals surface area contributed by atoms with Crippen molar-refractivity contribution in [3.05, 3.63) is 35.9 Å². The molecule has 2 rings (SSSR count). The highest BCUT2D eigenvalue weighted by atomic mass is 14.9. The number of hydrogen-bond acceptors (Lipinski definition) is 1. The Bertz CT molecular complexity index is 386. The fourth-order valence-electron chi connectivity index (χ4n) is 3.76. The topological polar surface area (TPSA) is 12.0 Å². The first-order valence-electron chi connectivity index (χ1n) is 8.88. The van der Waals surface area contributed by atoms with Crippen LogP contribution in [0.5, 0.6) is 0 Å². The minimum atomic E-state index is 0.581. The molecule has 1 heteroatoms. The van der Waals surface area contributed by atoms with Gasteiger partial charge < -0.3 is 5.32 Å². The molecule has 0 heterocycles. The first-order chi connectivity index (χ1) is 10.1. The number of nitrogens with one attached hydrogen (secondary N) is 1. The van der Waals surface area contributed by atoms with Gasteiger partial charge >= 0.3 is 0 Å². The van der Waals surface area contributed by atoms with E-state index in [1.54, 1.807) is 0 Å². The fourth-order valence-corrected chi connectivity index (χ4v) is 3.76. The van der Waals surface area contributed by atoms with Crippen LogP contribution in [-0.2, 0) is 6.42 Å². The number of hydrogen-bond donors (Lipinski definition) is 1. The predicted octanol–water partition coefficient (Wildman–Crippen LogP) is 5.20. The highest BCUT2D eigenvalue weighted by Gasteiger charge is 2.30. The summed E-state index contributed by atoms with van der Waals surface area (Å²) in [5.41, 5.74) is 2.06. The molecular weight excluding hydrogens is 254 g/mol. The van der Waals surface area contributed by atoms with Crippen molar-refractivity contribution in [2.75, 3.05) is 6.54 Å². The summed E-state index contributed by atoms with van der Waals surface area (Å²) in [6.07, 6.45) is 9.48. The average molecular weight is 287 g/mol. The molecule has 1 unspecified atom stereocenters. The zero-order valence-corrected chi connectivity index (χ0v) is 14.2. The molecule has 0 bridgehead atoms. The number of rotatable bonds is 7. The van der Waals surface area contributed by atoms with Crippen molar-refractivity contribution in [1.29, 1.82) is 0 Å². The highest BCUT2D eigenvalue weighted by Crippen LogP contribution is 2.39. The molecule has 118 valence electrons. The van der Waals surface area contributed by atoms with Crippen LogP contribution in [0.1, 0.15) is 64.9 Å². The maximum absolute atomic E-state index is 3.77. The Morgan fingerprint density at radius 3 is 2.43 bits per heavy atom. The van der Waals surface area contributed by atoms with Gasteiger partial charge in [-0.1, -0.05) is 51.1 Å². The smallest absolute Gasteiger partial charge is 0.00953 e. The van der Waals surface area contributed by atoms with Crippen LogP contribution >= 0.6 is 0 Å². The molecule has 1 aliphatic rings. The van der Waals surface area contributed by atoms with E-state index in [0.29, 0.717) is 5.41 Å². The van der Waals surface area contributed by atoms with E-state index >= 15 is 0 Å². The van der Waals surface area contributed by atoms with Crippen LogP contribution in [0.4, 0.5) is 0 Å². The van der Waals surface area contributed by atoms with Gasteiger partial charge in [-0.15, -0.1) is 0 Å². The molecule has 1 aliphatic carbocycles. The summed E-state index contributed by atoms with van der Waals surface area (Å²) in [5.74, 6) is 0.897. The Kier molecular flexibility index (Phi) is 6.29. The maximum atomic E-state index is 3.77. The number of aryl methyl sites for hydroxylation is 1. The number of benzene rings is 1. The summed E-state index contributed by atoms with van der Waals surface area (Å²) in [6, 6.07) is 11.7. The van der Waals surface area contributed by atoms with Gasteiger partial charge in [0.25, 0.3) is 0 Å². The Hall–Kier alpha value is -0.820. The van der Waals surface area contributed by atoms with Crippen LogP contribution in [0.2, 0.25) is 0 Å². The first kappa shape index (κ1) is 16.5. The molecule has 0 amide bonds. The molecule has 1 saturated carbocycles. The Labute approximate surface area is 131 Å². The van der Waals surface area contributed by atoms with E-state index in [9.17, 15) is 0 Å². The van der Waals surface area contributed by atoms with Gasteiger partial charge in [0.1, 0.15) is 0 Å². The molecule has 0 saturated heterocycles. The van der Waals surface area contributed by atoms with E-state index in [-0.39, 0.29) is 0 Å². The summed E-state index contributed by atoms with van der Waals surface area (Å²) in [6.45, 7) is 8.22. The molecule has 0 aliphatic heterocycles. The lowest BCUT2D eigenvalue weighted by Gasteiger charge is -2.38. The van der Waals surface area contributed by atoms with Gasteiger partial charge in [0.2, 0.25) is 0 Å². The van der Waals surface area contributed by atoms with E-state index in [1.807, 2.05) is 0 Å². The molecule has 0 aromatic heterocycles.